The number of aliphatic carboxylic acids is 1. The van der Waals surface area contributed by atoms with Crippen molar-refractivity contribution in [1.82, 2.24) is 14.5 Å². The average molecular weight is 443 g/mol. The van der Waals surface area contributed by atoms with Gasteiger partial charge >= 0.3 is 12.1 Å². The second-order valence-corrected chi connectivity index (χ2v) is 8.96. The van der Waals surface area contributed by atoms with Gasteiger partial charge in [0.15, 0.2) is 5.82 Å². The van der Waals surface area contributed by atoms with Crippen LogP contribution in [0.2, 0.25) is 0 Å². The molecule has 1 aromatic carbocycles. The number of anilines is 1. The van der Waals surface area contributed by atoms with Gasteiger partial charge in [-0.1, -0.05) is 30.3 Å². The Morgan fingerprint density at radius 1 is 1.25 bits per heavy atom. The van der Waals surface area contributed by atoms with E-state index in [9.17, 15) is 14.4 Å². The Morgan fingerprint density at radius 3 is 2.56 bits per heavy atom. The summed E-state index contributed by atoms with van der Waals surface area (Å²) in [6.07, 6.45) is 2.47. The first-order valence-electron chi connectivity index (χ1n) is 10.7. The van der Waals surface area contributed by atoms with Gasteiger partial charge in [-0.3, -0.25) is 19.1 Å². The Kier molecular flexibility index (Phi) is 6.86. The average Bonchev–Trinajstić information content (AvgIpc) is 2.72. The topological polar surface area (TPSA) is 114 Å². The van der Waals surface area contributed by atoms with Crippen molar-refractivity contribution < 1.29 is 19.4 Å². The fourth-order valence-electron chi connectivity index (χ4n) is 3.91. The number of nitrogens with zero attached hydrogens (tertiary/aromatic N) is 3. The van der Waals surface area contributed by atoms with E-state index in [4.69, 9.17) is 9.84 Å². The molecule has 0 aliphatic carbocycles. The number of carboxylic acid groups (broad SMARTS) is 1. The van der Waals surface area contributed by atoms with Crippen molar-refractivity contribution in [2.45, 2.75) is 64.8 Å². The first-order valence-corrected chi connectivity index (χ1v) is 10.7. The monoisotopic (exact) mass is 442 g/mol. The minimum Gasteiger partial charge on any atom is -0.480 e. The molecule has 0 unspecified atom stereocenters. The second-order valence-electron chi connectivity index (χ2n) is 8.96. The number of rotatable bonds is 5. The second kappa shape index (κ2) is 9.42. The molecule has 2 aromatic rings. The number of likely N-dealkylation sites (tertiary alicyclic amines) is 1. The van der Waals surface area contributed by atoms with E-state index in [1.807, 2.05) is 51.1 Å². The van der Waals surface area contributed by atoms with Crippen molar-refractivity contribution in [1.29, 1.82) is 0 Å². The van der Waals surface area contributed by atoms with Crippen molar-refractivity contribution in [3.63, 3.8) is 0 Å². The van der Waals surface area contributed by atoms with E-state index < -0.39 is 29.8 Å². The van der Waals surface area contributed by atoms with Crippen LogP contribution < -0.4 is 10.9 Å². The number of ether oxygens (including phenoxy) is 1. The van der Waals surface area contributed by atoms with Gasteiger partial charge in [-0.05, 0) is 46.1 Å². The maximum Gasteiger partial charge on any atom is 0.410 e. The van der Waals surface area contributed by atoms with Gasteiger partial charge in [-0.2, -0.15) is 0 Å². The molecule has 3 rings (SSSR count). The van der Waals surface area contributed by atoms with Gasteiger partial charge in [0.25, 0.3) is 5.56 Å². The third-order valence-electron chi connectivity index (χ3n) is 5.27. The molecule has 32 heavy (non-hydrogen) atoms. The van der Waals surface area contributed by atoms with Crippen LogP contribution in [0.4, 0.5) is 10.6 Å². The van der Waals surface area contributed by atoms with E-state index in [0.29, 0.717) is 18.7 Å². The summed E-state index contributed by atoms with van der Waals surface area (Å²) in [6.45, 7) is 7.18. The van der Waals surface area contributed by atoms with Gasteiger partial charge < -0.3 is 15.2 Å². The van der Waals surface area contributed by atoms with Gasteiger partial charge in [-0.25, -0.2) is 9.78 Å². The van der Waals surface area contributed by atoms with Crippen molar-refractivity contribution in [3.05, 3.63) is 58.1 Å². The summed E-state index contributed by atoms with van der Waals surface area (Å²) in [5.41, 5.74) is 0.227. The maximum atomic E-state index is 13.0. The van der Waals surface area contributed by atoms with Crippen molar-refractivity contribution >= 4 is 17.9 Å². The smallest absolute Gasteiger partial charge is 0.410 e. The Labute approximate surface area is 187 Å². The molecule has 2 atom stereocenters. The summed E-state index contributed by atoms with van der Waals surface area (Å²) in [6, 6.07) is 8.89. The molecule has 1 saturated heterocycles. The van der Waals surface area contributed by atoms with Crippen LogP contribution in [0.1, 0.15) is 50.9 Å². The van der Waals surface area contributed by atoms with Crippen LogP contribution >= 0.6 is 0 Å². The Balaban J connectivity index is 1.97. The molecule has 0 radical (unpaired) electrons. The van der Waals surface area contributed by atoms with E-state index in [0.717, 1.165) is 12.0 Å². The predicted octanol–water partition coefficient (Wildman–Crippen LogP) is 3.19. The molecule has 9 heteroatoms. The zero-order valence-electron chi connectivity index (χ0n) is 18.9. The fraction of sp³-hybridized carbons (Fsp3) is 0.478. The third-order valence-corrected chi connectivity index (χ3v) is 5.27. The van der Waals surface area contributed by atoms with E-state index in [-0.39, 0.29) is 17.9 Å². The first kappa shape index (κ1) is 23.3. The van der Waals surface area contributed by atoms with Crippen LogP contribution in [0.25, 0.3) is 0 Å². The molecule has 9 nitrogen and oxygen atoms in total. The lowest BCUT2D eigenvalue weighted by Crippen LogP contribution is -2.50. The number of carboxylic acids is 1. The normalized spacial score (nSPS) is 18.8. The zero-order valence-corrected chi connectivity index (χ0v) is 18.9. The number of carbonyl (C=O) groups excluding carboxylic acids is 1. The Morgan fingerprint density at radius 2 is 1.94 bits per heavy atom. The molecule has 2 heterocycles. The predicted molar refractivity (Wildman–Crippen MR) is 120 cm³/mol. The molecule has 0 saturated carbocycles. The molecule has 1 aromatic heterocycles. The van der Waals surface area contributed by atoms with Crippen molar-refractivity contribution in [2.24, 2.45) is 0 Å². The van der Waals surface area contributed by atoms with Crippen LogP contribution in [0.15, 0.2) is 41.3 Å². The number of hydrogen-bond acceptors (Lipinski definition) is 6. The highest BCUT2D eigenvalue weighted by Gasteiger charge is 2.38. The van der Waals surface area contributed by atoms with Crippen molar-refractivity contribution in [3.8, 4) is 0 Å². The molecule has 172 valence electrons. The van der Waals surface area contributed by atoms with Crippen LogP contribution in [-0.2, 0) is 16.1 Å². The third kappa shape index (κ3) is 5.46. The summed E-state index contributed by atoms with van der Waals surface area (Å²) in [5, 5.41) is 12.3. The van der Waals surface area contributed by atoms with Crippen LogP contribution in [0.5, 0.6) is 0 Å². The number of aromatic nitrogens is 2. The van der Waals surface area contributed by atoms with E-state index >= 15 is 0 Å². The van der Waals surface area contributed by atoms with E-state index in [2.05, 4.69) is 10.3 Å². The lowest BCUT2D eigenvalue weighted by Gasteiger charge is -2.42. The molecule has 1 aliphatic rings. The van der Waals surface area contributed by atoms with Gasteiger partial charge in [-0.15, -0.1) is 0 Å². The highest BCUT2D eigenvalue weighted by atomic mass is 16.6. The highest BCUT2D eigenvalue weighted by molar-refractivity contribution is 5.69. The molecular weight excluding hydrogens is 412 g/mol. The maximum absolute atomic E-state index is 13.0. The quantitative estimate of drug-likeness (QED) is 0.731. The SMILES string of the molecule is Cc1cnc(N[C@@H]2CCCN(C(=O)OC(C)(C)C)[C@H]2c2ccccc2)c(=O)n1CC(=O)O. The molecule has 1 fully saturated rings. The molecule has 0 spiro atoms. The van der Waals surface area contributed by atoms with Gasteiger partial charge in [0.2, 0.25) is 0 Å². The molecule has 0 bridgehead atoms. The summed E-state index contributed by atoms with van der Waals surface area (Å²) < 4.78 is 6.81. The van der Waals surface area contributed by atoms with Crippen LogP contribution in [0, 0.1) is 6.92 Å². The summed E-state index contributed by atoms with van der Waals surface area (Å²) in [7, 11) is 0. The minimum atomic E-state index is -1.11. The van der Waals surface area contributed by atoms with Crippen LogP contribution in [0.3, 0.4) is 0 Å². The van der Waals surface area contributed by atoms with Gasteiger partial charge in [0.05, 0.1) is 12.1 Å². The summed E-state index contributed by atoms with van der Waals surface area (Å²) in [5.74, 6) is -1.04. The summed E-state index contributed by atoms with van der Waals surface area (Å²) >= 11 is 0. The Hall–Kier alpha value is -3.36. The van der Waals surface area contributed by atoms with Crippen LogP contribution in [-0.4, -0.2) is 49.8 Å². The lowest BCUT2D eigenvalue weighted by molar-refractivity contribution is -0.137. The number of hydrogen-bond donors (Lipinski definition) is 2. The standard InChI is InChI=1S/C23H30N4O5/c1-15-13-24-20(21(30)27(15)14-18(28)29)25-17-11-8-12-26(22(31)32-23(2,3)4)19(17)16-9-6-5-7-10-16/h5-7,9-10,13,17,19H,8,11-12,14H2,1-4H3,(H,24,25)(H,28,29)/t17-,19+/m1/s1. The molecular formula is C23H30N4O5. The highest BCUT2D eigenvalue weighted by Crippen LogP contribution is 2.34. The fourth-order valence-corrected chi connectivity index (χ4v) is 3.91. The van der Waals surface area contributed by atoms with E-state index in [1.54, 1.807) is 11.8 Å². The largest absolute Gasteiger partial charge is 0.480 e. The minimum absolute atomic E-state index is 0.0637. The number of nitrogens with one attached hydrogen (secondary N) is 1. The van der Waals surface area contributed by atoms with Crippen molar-refractivity contribution in [2.75, 3.05) is 11.9 Å². The number of carbonyl (C=O) groups is 2. The lowest BCUT2D eigenvalue weighted by atomic mass is 9.90. The molecule has 2 N–H and O–H groups in total. The number of benzene rings is 1. The summed E-state index contributed by atoms with van der Waals surface area (Å²) in [4.78, 5) is 43.0. The van der Waals surface area contributed by atoms with Gasteiger partial charge in [0, 0.05) is 18.4 Å². The molecule has 1 aliphatic heterocycles. The number of piperidine rings is 1. The Bertz CT molecular complexity index is 1030. The van der Waals surface area contributed by atoms with E-state index in [1.165, 1.54) is 10.8 Å². The van der Waals surface area contributed by atoms with Gasteiger partial charge in [0.1, 0.15) is 12.1 Å². The number of amides is 1. The zero-order chi connectivity index (χ0) is 23.5. The molecule has 1 amide bonds. The first-order chi connectivity index (χ1) is 15.1. The number of aryl methyl sites for hydroxylation is 1.